The number of aryl methyl sites for hydroxylation is 1. The second-order valence-corrected chi connectivity index (χ2v) is 8.47. The van der Waals surface area contributed by atoms with Gasteiger partial charge in [0.25, 0.3) is 10.0 Å². The molecule has 0 unspecified atom stereocenters. The molecule has 1 heterocycles. The number of nitrogens with zero attached hydrogens (tertiary/aromatic N) is 1. The Labute approximate surface area is 165 Å². The molecule has 0 radical (unpaired) electrons. The molecule has 0 fully saturated rings. The molecule has 27 heavy (non-hydrogen) atoms. The van der Waals surface area contributed by atoms with Gasteiger partial charge in [0.1, 0.15) is 0 Å². The maximum atomic E-state index is 13.0. The number of H-pyrrole nitrogens is 1. The van der Waals surface area contributed by atoms with Gasteiger partial charge in [0, 0.05) is 42.0 Å². The number of hydrogen-bond acceptors (Lipinski definition) is 2. The number of aromatic nitrogens is 1. The topological polar surface area (TPSA) is 53.2 Å². The predicted octanol–water partition coefficient (Wildman–Crippen LogP) is 4.30. The van der Waals surface area contributed by atoms with E-state index in [1.807, 2.05) is 37.4 Å². The summed E-state index contributed by atoms with van der Waals surface area (Å²) in [4.78, 5) is 3.46. The van der Waals surface area contributed by atoms with E-state index in [1.165, 1.54) is 4.31 Å². The first-order valence-corrected chi connectivity index (χ1v) is 10.7. The fourth-order valence-corrected chi connectivity index (χ4v) is 4.17. The summed E-state index contributed by atoms with van der Waals surface area (Å²) in [5, 5.41) is 1.10. The van der Waals surface area contributed by atoms with Crippen LogP contribution < -0.4 is 0 Å². The third-order valence-electron chi connectivity index (χ3n) is 4.29. The molecule has 0 saturated carbocycles. The van der Waals surface area contributed by atoms with Gasteiger partial charge >= 0.3 is 0 Å². The molecule has 0 aliphatic rings. The van der Waals surface area contributed by atoms with Crippen LogP contribution in [-0.2, 0) is 16.4 Å². The summed E-state index contributed by atoms with van der Waals surface area (Å²) in [5.74, 6) is 3.22. The van der Waals surface area contributed by atoms with E-state index in [1.54, 1.807) is 24.3 Å². The molecular formula is C21H21ClN2O2S. The van der Waals surface area contributed by atoms with Gasteiger partial charge in [0.2, 0.25) is 0 Å². The number of nitrogens with one attached hydrogen (secondary N) is 1. The van der Waals surface area contributed by atoms with Crippen molar-refractivity contribution in [2.75, 3.05) is 12.4 Å². The van der Waals surface area contributed by atoms with Crippen molar-refractivity contribution in [2.24, 2.45) is 0 Å². The van der Waals surface area contributed by atoms with Crippen LogP contribution in [0.5, 0.6) is 0 Å². The van der Waals surface area contributed by atoms with Crippen LogP contribution in [0.15, 0.2) is 59.6 Å². The second-order valence-electron chi connectivity index (χ2n) is 6.23. The minimum Gasteiger partial charge on any atom is -0.361 e. The van der Waals surface area contributed by atoms with Gasteiger partial charge in [-0.1, -0.05) is 41.8 Å². The number of halogens is 1. The monoisotopic (exact) mass is 400 g/mol. The Balaban J connectivity index is 1.87. The van der Waals surface area contributed by atoms with E-state index >= 15 is 0 Å². The van der Waals surface area contributed by atoms with Crippen LogP contribution in [0.4, 0.5) is 0 Å². The first kappa shape index (κ1) is 19.3. The van der Waals surface area contributed by atoms with Crippen molar-refractivity contribution in [3.05, 3.63) is 65.9 Å². The largest absolute Gasteiger partial charge is 0.361 e. The predicted molar refractivity (Wildman–Crippen MR) is 110 cm³/mol. The SMILES string of the molecule is Cc1ccc(S(=O)(=O)N(C#CCCCl)CCc2c[nH]c3ccccc23)cc1. The van der Waals surface area contributed by atoms with Crippen LogP contribution in [-0.4, -0.2) is 30.1 Å². The zero-order valence-corrected chi connectivity index (χ0v) is 16.6. The average Bonchev–Trinajstić information content (AvgIpc) is 3.08. The summed E-state index contributed by atoms with van der Waals surface area (Å²) >= 11 is 5.68. The molecule has 0 spiro atoms. The molecule has 0 atom stereocenters. The summed E-state index contributed by atoms with van der Waals surface area (Å²) in [5.41, 5.74) is 3.11. The van der Waals surface area contributed by atoms with E-state index in [0.717, 1.165) is 22.0 Å². The van der Waals surface area contributed by atoms with Crippen molar-refractivity contribution >= 4 is 32.5 Å². The van der Waals surface area contributed by atoms with Crippen LogP contribution in [0.1, 0.15) is 17.5 Å². The minimum atomic E-state index is -3.70. The van der Waals surface area contributed by atoms with Crippen LogP contribution in [0, 0.1) is 18.9 Å². The molecule has 3 aromatic rings. The number of para-hydroxylation sites is 1. The summed E-state index contributed by atoms with van der Waals surface area (Å²) < 4.78 is 27.3. The molecule has 4 nitrogen and oxygen atoms in total. The molecule has 1 N–H and O–H groups in total. The number of fused-ring (bicyclic) bond motifs is 1. The Kier molecular flexibility index (Phi) is 6.10. The second kappa shape index (κ2) is 8.51. The van der Waals surface area contributed by atoms with Crippen LogP contribution >= 0.6 is 11.6 Å². The van der Waals surface area contributed by atoms with Crippen LogP contribution in [0.3, 0.4) is 0 Å². The summed E-state index contributed by atoms with van der Waals surface area (Å²) in [7, 11) is -3.70. The molecule has 0 saturated heterocycles. The van der Waals surface area contributed by atoms with Gasteiger partial charge in [-0.2, -0.15) is 0 Å². The number of sulfonamides is 1. The van der Waals surface area contributed by atoms with E-state index in [9.17, 15) is 8.42 Å². The number of aromatic amines is 1. The highest BCUT2D eigenvalue weighted by atomic mass is 35.5. The highest BCUT2D eigenvalue weighted by Crippen LogP contribution is 2.20. The lowest BCUT2D eigenvalue weighted by Gasteiger charge is -2.18. The Bertz CT molecular complexity index is 1080. The molecule has 3 rings (SSSR count). The zero-order chi connectivity index (χ0) is 19.3. The van der Waals surface area contributed by atoms with E-state index in [-0.39, 0.29) is 11.4 Å². The number of alkyl halides is 1. The first-order valence-electron chi connectivity index (χ1n) is 8.71. The van der Waals surface area contributed by atoms with Gasteiger partial charge in [0.15, 0.2) is 0 Å². The molecule has 0 bridgehead atoms. The van der Waals surface area contributed by atoms with Gasteiger partial charge in [-0.05, 0) is 37.1 Å². The molecule has 1 aromatic heterocycles. The molecule has 2 aromatic carbocycles. The quantitative estimate of drug-likeness (QED) is 0.381. The lowest BCUT2D eigenvalue weighted by molar-refractivity contribution is 0.512. The molecule has 6 heteroatoms. The fourth-order valence-electron chi connectivity index (χ4n) is 2.83. The van der Waals surface area contributed by atoms with E-state index < -0.39 is 10.0 Å². The van der Waals surface area contributed by atoms with Gasteiger partial charge in [0.05, 0.1) is 4.90 Å². The van der Waals surface area contributed by atoms with Gasteiger partial charge < -0.3 is 4.98 Å². The van der Waals surface area contributed by atoms with E-state index in [0.29, 0.717) is 18.7 Å². The van der Waals surface area contributed by atoms with Gasteiger partial charge in [-0.3, -0.25) is 0 Å². The lowest BCUT2D eigenvalue weighted by Crippen LogP contribution is -2.28. The van der Waals surface area contributed by atoms with Crippen molar-refractivity contribution in [1.82, 2.24) is 9.29 Å². The Morgan fingerprint density at radius 2 is 1.85 bits per heavy atom. The number of rotatable bonds is 6. The molecule has 0 aliphatic carbocycles. The Morgan fingerprint density at radius 3 is 2.59 bits per heavy atom. The highest BCUT2D eigenvalue weighted by Gasteiger charge is 2.22. The van der Waals surface area contributed by atoms with E-state index in [4.69, 9.17) is 11.6 Å². The van der Waals surface area contributed by atoms with Crippen LogP contribution in [0.2, 0.25) is 0 Å². The Morgan fingerprint density at radius 1 is 1.11 bits per heavy atom. The smallest absolute Gasteiger partial charge is 0.270 e. The fraction of sp³-hybridized carbons (Fsp3) is 0.238. The molecular weight excluding hydrogens is 380 g/mol. The summed E-state index contributed by atoms with van der Waals surface area (Å²) in [6.07, 6.45) is 2.92. The van der Waals surface area contributed by atoms with Crippen LogP contribution in [0.25, 0.3) is 10.9 Å². The van der Waals surface area contributed by atoms with Gasteiger partial charge in [-0.25, -0.2) is 12.7 Å². The van der Waals surface area contributed by atoms with Gasteiger partial charge in [-0.15, -0.1) is 11.6 Å². The van der Waals surface area contributed by atoms with Crippen molar-refractivity contribution in [3.63, 3.8) is 0 Å². The van der Waals surface area contributed by atoms with Crippen molar-refractivity contribution in [3.8, 4) is 12.0 Å². The maximum absolute atomic E-state index is 13.0. The standard InChI is InChI=1S/C21H21ClN2O2S/c1-17-8-10-19(11-9-17)27(25,26)24(14-5-4-13-22)15-12-18-16-23-21-7-3-2-6-20(18)21/h2-3,6-11,16,23H,4,12-13,15H2,1H3. The molecule has 140 valence electrons. The van der Waals surface area contributed by atoms with Crippen molar-refractivity contribution < 1.29 is 8.42 Å². The Hall–Kier alpha value is -2.42. The highest BCUT2D eigenvalue weighted by molar-refractivity contribution is 7.89. The summed E-state index contributed by atoms with van der Waals surface area (Å²) in [6.45, 7) is 2.19. The molecule has 0 aliphatic heterocycles. The third-order valence-corrected chi connectivity index (χ3v) is 6.20. The molecule has 0 amide bonds. The average molecular weight is 401 g/mol. The van der Waals surface area contributed by atoms with Crippen molar-refractivity contribution in [1.29, 1.82) is 0 Å². The van der Waals surface area contributed by atoms with E-state index in [2.05, 4.69) is 16.9 Å². The zero-order valence-electron chi connectivity index (χ0n) is 15.1. The summed E-state index contributed by atoms with van der Waals surface area (Å²) in [6, 6.07) is 17.6. The lowest BCUT2D eigenvalue weighted by atomic mass is 10.1. The number of benzene rings is 2. The minimum absolute atomic E-state index is 0.243. The normalized spacial score (nSPS) is 11.2. The maximum Gasteiger partial charge on any atom is 0.270 e. The van der Waals surface area contributed by atoms with Crippen molar-refractivity contribution in [2.45, 2.75) is 24.7 Å². The third kappa shape index (κ3) is 4.47. The number of hydrogen-bond donors (Lipinski definition) is 1. The first-order chi connectivity index (χ1) is 13.0.